The van der Waals surface area contributed by atoms with Crippen LogP contribution in [0.4, 0.5) is 0 Å². The molecule has 11 heavy (non-hydrogen) atoms. The highest BCUT2D eigenvalue weighted by atomic mass is 79.9. The van der Waals surface area contributed by atoms with Crippen LogP contribution in [0.25, 0.3) is 0 Å². The van der Waals surface area contributed by atoms with Crippen molar-refractivity contribution in [2.24, 2.45) is 0 Å². The summed E-state index contributed by atoms with van der Waals surface area (Å²) in [5.41, 5.74) is 1.43. The molecule has 3 heteroatoms. The van der Waals surface area contributed by atoms with E-state index in [9.17, 15) is 0 Å². The highest BCUT2D eigenvalue weighted by molar-refractivity contribution is 9.12. The van der Waals surface area contributed by atoms with Gasteiger partial charge in [-0.2, -0.15) is 0 Å². The van der Waals surface area contributed by atoms with Crippen molar-refractivity contribution in [1.29, 1.82) is 0 Å². The molecule has 1 aliphatic carbocycles. The number of alkyl halides is 3. The number of allylic oxidation sites excluding steroid dienone is 4. The molecule has 62 valence electrons. The van der Waals surface area contributed by atoms with Gasteiger partial charge in [0, 0.05) is 10.7 Å². The second-order valence-electron chi connectivity index (χ2n) is 2.66. The lowest BCUT2D eigenvalue weighted by atomic mass is 9.97. The molecular formula is C8H9Br3. The zero-order chi connectivity index (χ0) is 8.32. The maximum Gasteiger partial charge on any atom is 0.0573 e. The fourth-order valence-corrected chi connectivity index (χ4v) is 2.32. The first-order chi connectivity index (χ1) is 5.20. The summed E-state index contributed by atoms with van der Waals surface area (Å²) >= 11 is 10.6. The molecule has 0 fully saturated rings. The lowest BCUT2D eigenvalue weighted by molar-refractivity contribution is 0.799. The molecule has 1 aliphatic rings. The summed E-state index contributed by atoms with van der Waals surface area (Å²) in [5, 5.41) is 1.93. The molecule has 1 unspecified atom stereocenters. The minimum atomic E-state index is 0.144. The first kappa shape index (κ1) is 10.0. The maximum absolute atomic E-state index is 3.68. The van der Waals surface area contributed by atoms with Crippen molar-refractivity contribution >= 4 is 47.8 Å². The van der Waals surface area contributed by atoms with Gasteiger partial charge in [0.15, 0.2) is 0 Å². The molecule has 1 atom stereocenters. The molecule has 0 spiro atoms. The molecule has 0 N–H and O–H groups in total. The predicted molar refractivity (Wildman–Crippen MR) is 61.1 cm³/mol. The number of rotatable bonds is 2. The highest BCUT2D eigenvalue weighted by Crippen LogP contribution is 2.33. The summed E-state index contributed by atoms with van der Waals surface area (Å²) < 4.78 is 0.144. The monoisotopic (exact) mass is 342 g/mol. The van der Waals surface area contributed by atoms with Gasteiger partial charge in [-0.25, -0.2) is 0 Å². The normalized spacial score (nSPS) is 30.3. The second kappa shape index (κ2) is 4.24. The van der Waals surface area contributed by atoms with Crippen LogP contribution < -0.4 is 0 Å². The van der Waals surface area contributed by atoms with Gasteiger partial charge in [0.25, 0.3) is 0 Å². The predicted octanol–water partition coefficient (Wildman–Crippen LogP) is 3.80. The van der Waals surface area contributed by atoms with Crippen LogP contribution >= 0.6 is 47.8 Å². The molecule has 0 aromatic heterocycles. The van der Waals surface area contributed by atoms with E-state index in [0.717, 1.165) is 17.1 Å². The molecule has 0 nitrogen and oxygen atoms in total. The largest absolute Gasteiger partial charge is 0.0909 e. The van der Waals surface area contributed by atoms with Crippen LogP contribution in [-0.2, 0) is 0 Å². The van der Waals surface area contributed by atoms with Crippen LogP contribution in [0.15, 0.2) is 23.8 Å². The fraction of sp³-hybridized carbons (Fsp3) is 0.500. The zero-order valence-corrected chi connectivity index (χ0v) is 10.7. The van der Waals surface area contributed by atoms with Gasteiger partial charge in [0.1, 0.15) is 0 Å². The quantitative estimate of drug-likeness (QED) is 0.668. The lowest BCUT2D eigenvalue weighted by Crippen LogP contribution is -2.22. The molecule has 0 saturated heterocycles. The molecule has 0 aliphatic heterocycles. The maximum atomic E-state index is 3.68. The van der Waals surface area contributed by atoms with Crippen molar-refractivity contribution in [3.8, 4) is 0 Å². The molecule has 0 heterocycles. The lowest BCUT2D eigenvalue weighted by Gasteiger charge is -2.24. The van der Waals surface area contributed by atoms with E-state index in [4.69, 9.17) is 0 Å². The third-order valence-electron chi connectivity index (χ3n) is 1.64. The van der Waals surface area contributed by atoms with Gasteiger partial charge < -0.3 is 0 Å². The summed E-state index contributed by atoms with van der Waals surface area (Å²) in [6.45, 7) is 0. The molecule has 0 aromatic carbocycles. The molecule has 1 rings (SSSR count). The minimum Gasteiger partial charge on any atom is -0.0909 e. The van der Waals surface area contributed by atoms with Crippen molar-refractivity contribution in [3.63, 3.8) is 0 Å². The van der Waals surface area contributed by atoms with Crippen LogP contribution in [0.1, 0.15) is 6.42 Å². The Hall–Kier alpha value is 0.920. The van der Waals surface area contributed by atoms with Gasteiger partial charge in [0.2, 0.25) is 0 Å². The summed E-state index contributed by atoms with van der Waals surface area (Å²) in [4.78, 5) is 0. The van der Waals surface area contributed by atoms with Crippen LogP contribution in [-0.4, -0.2) is 15.0 Å². The Balaban J connectivity index is 2.68. The van der Waals surface area contributed by atoms with Crippen LogP contribution in [0.3, 0.4) is 0 Å². The molecule has 0 radical (unpaired) electrons. The van der Waals surface area contributed by atoms with Crippen LogP contribution in [0.2, 0.25) is 0 Å². The van der Waals surface area contributed by atoms with Gasteiger partial charge >= 0.3 is 0 Å². The van der Waals surface area contributed by atoms with Gasteiger partial charge in [0.05, 0.1) is 4.32 Å². The number of halogens is 3. The van der Waals surface area contributed by atoms with Crippen molar-refractivity contribution in [3.05, 3.63) is 23.8 Å². The van der Waals surface area contributed by atoms with E-state index in [1.54, 1.807) is 0 Å². The van der Waals surface area contributed by atoms with E-state index in [1.165, 1.54) is 5.57 Å². The molecule has 0 bridgehead atoms. The zero-order valence-electron chi connectivity index (χ0n) is 5.99. The second-order valence-corrected chi connectivity index (χ2v) is 5.36. The van der Waals surface area contributed by atoms with Gasteiger partial charge in [-0.15, -0.1) is 0 Å². The van der Waals surface area contributed by atoms with Crippen molar-refractivity contribution in [2.75, 3.05) is 10.7 Å². The summed E-state index contributed by atoms with van der Waals surface area (Å²) in [6.07, 6.45) is 7.54. The SMILES string of the molecule is BrCC1=CC=CC(Br)(CBr)C1. The smallest absolute Gasteiger partial charge is 0.0573 e. The van der Waals surface area contributed by atoms with Gasteiger partial charge in [-0.05, 0) is 6.42 Å². The topological polar surface area (TPSA) is 0 Å². The van der Waals surface area contributed by atoms with Crippen molar-refractivity contribution in [1.82, 2.24) is 0 Å². The molecule has 0 aromatic rings. The van der Waals surface area contributed by atoms with Crippen molar-refractivity contribution < 1.29 is 0 Å². The Morgan fingerprint density at radius 1 is 1.45 bits per heavy atom. The summed E-state index contributed by atoms with van der Waals surface area (Å²) in [5.74, 6) is 0. The third kappa shape index (κ3) is 2.71. The average Bonchev–Trinajstić information content (AvgIpc) is 2.05. The summed E-state index contributed by atoms with van der Waals surface area (Å²) in [7, 11) is 0. The molecule has 0 saturated carbocycles. The van der Waals surface area contributed by atoms with Crippen molar-refractivity contribution in [2.45, 2.75) is 10.7 Å². The minimum absolute atomic E-state index is 0.144. The van der Waals surface area contributed by atoms with Crippen LogP contribution in [0, 0.1) is 0 Å². The first-order valence-corrected chi connectivity index (χ1v) is 6.42. The van der Waals surface area contributed by atoms with Gasteiger partial charge in [-0.1, -0.05) is 71.6 Å². The average molecular weight is 345 g/mol. The standard InChI is InChI=1S/C8H9Br3/c9-5-7-2-1-3-8(11,4-7)6-10/h1-3H,4-6H2. The summed E-state index contributed by atoms with van der Waals surface area (Å²) in [6, 6.07) is 0. The van der Waals surface area contributed by atoms with E-state index in [0.29, 0.717) is 0 Å². The Labute approximate surface area is 92.5 Å². The molecular weight excluding hydrogens is 336 g/mol. The van der Waals surface area contributed by atoms with E-state index in [2.05, 4.69) is 66.0 Å². The number of hydrogen-bond donors (Lipinski definition) is 0. The van der Waals surface area contributed by atoms with Crippen LogP contribution in [0.5, 0.6) is 0 Å². The highest BCUT2D eigenvalue weighted by Gasteiger charge is 2.24. The van der Waals surface area contributed by atoms with E-state index >= 15 is 0 Å². The Kier molecular flexibility index (Phi) is 3.86. The van der Waals surface area contributed by atoms with Gasteiger partial charge in [-0.3, -0.25) is 0 Å². The van der Waals surface area contributed by atoms with E-state index in [1.807, 2.05) is 0 Å². The first-order valence-electron chi connectivity index (χ1n) is 3.38. The van der Waals surface area contributed by atoms with E-state index < -0.39 is 0 Å². The molecule has 0 amide bonds. The fourth-order valence-electron chi connectivity index (χ4n) is 1.04. The third-order valence-corrected chi connectivity index (χ3v) is 4.94. The number of hydrogen-bond acceptors (Lipinski definition) is 0. The Morgan fingerprint density at radius 3 is 2.73 bits per heavy atom. The Morgan fingerprint density at radius 2 is 2.18 bits per heavy atom. The van der Waals surface area contributed by atoms with E-state index in [-0.39, 0.29) is 4.32 Å². The Bertz CT molecular complexity index is 196.